The maximum absolute atomic E-state index is 12.1. The second-order valence-electron chi connectivity index (χ2n) is 4.70. The number of ether oxygens (including phenoxy) is 1. The summed E-state index contributed by atoms with van der Waals surface area (Å²) in [5.41, 5.74) is 2.83. The summed E-state index contributed by atoms with van der Waals surface area (Å²) in [7, 11) is 1.65. The Morgan fingerprint density at radius 3 is 3.20 bits per heavy atom. The minimum absolute atomic E-state index is 0.0785. The Morgan fingerprint density at radius 1 is 1.45 bits per heavy atom. The molecule has 3 rings (SSSR count). The molecule has 0 aliphatic heterocycles. The van der Waals surface area contributed by atoms with Crippen LogP contribution < -0.4 is 10.9 Å². The minimum atomic E-state index is -0.0785. The van der Waals surface area contributed by atoms with E-state index in [-0.39, 0.29) is 5.56 Å². The molecular formula is C13H16N4O2S. The van der Waals surface area contributed by atoms with E-state index in [0.29, 0.717) is 28.9 Å². The Labute approximate surface area is 120 Å². The zero-order chi connectivity index (χ0) is 13.9. The molecule has 0 saturated carbocycles. The topological polar surface area (TPSA) is 79.9 Å². The van der Waals surface area contributed by atoms with E-state index in [1.165, 1.54) is 16.9 Å². The second-order valence-corrected chi connectivity index (χ2v) is 5.68. The van der Waals surface area contributed by atoms with Gasteiger partial charge in [-0.25, -0.2) is 0 Å². The minimum Gasteiger partial charge on any atom is -0.383 e. The maximum atomic E-state index is 12.1. The zero-order valence-electron chi connectivity index (χ0n) is 11.2. The monoisotopic (exact) mass is 292 g/mol. The van der Waals surface area contributed by atoms with Crippen molar-refractivity contribution in [2.75, 3.05) is 25.6 Å². The normalized spacial score (nSPS) is 13.4. The van der Waals surface area contributed by atoms with Crippen LogP contribution in [0, 0.1) is 0 Å². The van der Waals surface area contributed by atoms with Gasteiger partial charge in [-0.3, -0.25) is 4.79 Å². The van der Waals surface area contributed by atoms with Gasteiger partial charge in [-0.2, -0.15) is 0 Å². The molecular weight excluding hydrogens is 276 g/mol. The lowest BCUT2D eigenvalue weighted by atomic mass is 10.1. The van der Waals surface area contributed by atoms with Gasteiger partial charge in [-0.15, -0.1) is 10.2 Å². The van der Waals surface area contributed by atoms with Crippen molar-refractivity contribution in [1.82, 2.24) is 15.2 Å². The molecule has 1 aliphatic rings. The fourth-order valence-corrected chi connectivity index (χ4v) is 3.12. The largest absolute Gasteiger partial charge is 0.383 e. The first-order chi connectivity index (χ1) is 9.78. The molecule has 1 aliphatic carbocycles. The van der Waals surface area contributed by atoms with Crippen molar-refractivity contribution in [3.63, 3.8) is 0 Å². The lowest BCUT2D eigenvalue weighted by Gasteiger charge is -2.01. The van der Waals surface area contributed by atoms with Gasteiger partial charge in [-0.05, 0) is 30.9 Å². The average Bonchev–Trinajstić information content (AvgIpc) is 3.06. The lowest BCUT2D eigenvalue weighted by Crippen LogP contribution is -2.11. The molecule has 0 aromatic carbocycles. The van der Waals surface area contributed by atoms with E-state index in [2.05, 4.69) is 20.5 Å². The van der Waals surface area contributed by atoms with Gasteiger partial charge in [0.1, 0.15) is 0 Å². The molecule has 0 amide bonds. The number of nitrogens with zero attached hydrogens (tertiary/aromatic N) is 2. The molecule has 0 fully saturated rings. The van der Waals surface area contributed by atoms with Crippen molar-refractivity contribution in [3.8, 4) is 10.6 Å². The Balaban J connectivity index is 1.84. The first-order valence-electron chi connectivity index (χ1n) is 6.59. The molecule has 0 unspecified atom stereocenters. The van der Waals surface area contributed by atoms with Crippen LogP contribution in [0.4, 0.5) is 5.13 Å². The second kappa shape index (κ2) is 5.72. The highest BCUT2D eigenvalue weighted by molar-refractivity contribution is 7.18. The molecule has 2 aromatic heterocycles. The van der Waals surface area contributed by atoms with E-state index in [4.69, 9.17) is 4.74 Å². The molecule has 0 atom stereocenters. The van der Waals surface area contributed by atoms with Crippen molar-refractivity contribution in [2.24, 2.45) is 0 Å². The number of hydrogen-bond donors (Lipinski definition) is 2. The van der Waals surface area contributed by atoms with Gasteiger partial charge in [0.05, 0.1) is 12.2 Å². The number of fused-ring (bicyclic) bond motifs is 1. The van der Waals surface area contributed by atoms with Crippen LogP contribution in [0.15, 0.2) is 10.9 Å². The highest BCUT2D eigenvalue weighted by atomic mass is 32.1. The van der Waals surface area contributed by atoms with Crippen molar-refractivity contribution in [3.05, 3.63) is 27.7 Å². The molecule has 7 heteroatoms. The van der Waals surface area contributed by atoms with Crippen LogP contribution in [0.1, 0.15) is 17.7 Å². The van der Waals surface area contributed by atoms with E-state index >= 15 is 0 Å². The lowest BCUT2D eigenvalue weighted by molar-refractivity contribution is 0.211. The van der Waals surface area contributed by atoms with Crippen LogP contribution in [-0.4, -0.2) is 35.4 Å². The van der Waals surface area contributed by atoms with Crippen LogP contribution in [0.25, 0.3) is 10.6 Å². The van der Waals surface area contributed by atoms with E-state index < -0.39 is 0 Å². The summed E-state index contributed by atoms with van der Waals surface area (Å²) in [4.78, 5) is 15.1. The summed E-state index contributed by atoms with van der Waals surface area (Å²) in [5, 5.41) is 12.6. The number of H-pyrrole nitrogens is 1. The van der Waals surface area contributed by atoms with Gasteiger partial charge in [0.2, 0.25) is 5.13 Å². The van der Waals surface area contributed by atoms with Crippen LogP contribution in [0.2, 0.25) is 0 Å². The number of hydrogen-bond acceptors (Lipinski definition) is 6. The summed E-state index contributed by atoms with van der Waals surface area (Å²) < 4.78 is 4.96. The fraction of sp³-hybridized carbons (Fsp3) is 0.462. The number of anilines is 1. The molecule has 2 aromatic rings. The van der Waals surface area contributed by atoms with Crippen LogP contribution >= 0.6 is 11.3 Å². The SMILES string of the molecule is COCCNc1nnc(-c2cc3c([nH]c2=O)CCC3)s1. The molecule has 0 bridgehead atoms. The molecule has 20 heavy (non-hydrogen) atoms. The van der Waals surface area contributed by atoms with Crippen LogP contribution in [0.5, 0.6) is 0 Å². The Morgan fingerprint density at radius 2 is 2.35 bits per heavy atom. The molecule has 0 spiro atoms. The predicted octanol–water partition coefficient (Wildman–Crippen LogP) is 1.44. The van der Waals surface area contributed by atoms with Gasteiger partial charge >= 0.3 is 0 Å². The van der Waals surface area contributed by atoms with E-state index in [0.717, 1.165) is 25.0 Å². The molecule has 2 N–H and O–H groups in total. The highest BCUT2D eigenvalue weighted by Crippen LogP contribution is 2.27. The van der Waals surface area contributed by atoms with Crippen molar-refractivity contribution >= 4 is 16.5 Å². The number of aryl methyl sites for hydroxylation is 2. The van der Waals surface area contributed by atoms with Gasteiger partial charge in [0, 0.05) is 19.3 Å². The van der Waals surface area contributed by atoms with Crippen molar-refractivity contribution in [2.45, 2.75) is 19.3 Å². The van der Waals surface area contributed by atoms with E-state index in [9.17, 15) is 4.79 Å². The predicted molar refractivity (Wildman–Crippen MR) is 78.4 cm³/mol. The quantitative estimate of drug-likeness (QED) is 0.815. The first kappa shape index (κ1) is 13.3. The van der Waals surface area contributed by atoms with Gasteiger partial charge < -0.3 is 15.0 Å². The highest BCUT2D eigenvalue weighted by Gasteiger charge is 2.17. The van der Waals surface area contributed by atoms with Crippen LogP contribution in [-0.2, 0) is 17.6 Å². The third kappa shape index (κ3) is 2.59. The molecule has 106 valence electrons. The maximum Gasteiger partial charge on any atom is 0.258 e. The summed E-state index contributed by atoms with van der Waals surface area (Å²) in [6.45, 7) is 1.28. The Hall–Kier alpha value is -1.73. The molecule has 2 heterocycles. The molecule has 0 saturated heterocycles. The Kier molecular flexibility index (Phi) is 3.79. The van der Waals surface area contributed by atoms with E-state index in [1.54, 1.807) is 7.11 Å². The zero-order valence-corrected chi connectivity index (χ0v) is 12.0. The summed E-state index contributed by atoms with van der Waals surface area (Å²) >= 11 is 1.39. The number of aromatic amines is 1. The molecule has 0 radical (unpaired) electrons. The number of nitrogens with one attached hydrogen (secondary N) is 2. The fourth-order valence-electron chi connectivity index (χ4n) is 2.34. The number of aromatic nitrogens is 3. The summed E-state index contributed by atoms with van der Waals surface area (Å²) in [5.74, 6) is 0. The van der Waals surface area contributed by atoms with E-state index in [1.807, 2.05) is 6.07 Å². The van der Waals surface area contributed by atoms with Gasteiger partial charge in [0.25, 0.3) is 5.56 Å². The van der Waals surface area contributed by atoms with Gasteiger partial charge in [-0.1, -0.05) is 11.3 Å². The van der Waals surface area contributed by atoms with Crippen molar-refractivity contribution in [1.29, 1.82) is 0 Å². The van der Waals surface area contributed by atoms with Crippen molar-refractivity contribution < 1.29 is 4.74 Å². The summed E-state index contributed by atoms with van der Waals surface area (Å²) in [6.07, 6.45) is 3.09. The number of pyridine rings is 1. The third-order valence-electron chi connectivity index (χ3n) is 3.33. The third-order valence-corrected chi connectivity index (χ3v) is 4.24. The Bertz CT molecular complexity index is 665. The number of rotatable bonds is 5. The average molecular weight is 292 g/mol. The smallest absolute Gasteiger partial charge is 0.258 e. The van der Waals surface area contributed by atoms with Gasteiger partial charge in [0.15, 0.2) is 5.01 Å². The first-order valence-corrected chi connectivity index (χ1v) is 7.41. The summed E-state index contributed by atoms with van der Waals surface area (Å²) in [6, 6.07) is 1.96. The van der Waals surface area contributed by atoms with Crippen LogP contribution in [0.3, 0.4) is 0 Å². The standard InChI is InChI=1S/C13H16N4O2S/c1-19-6-5-14-13-17-16-12(20-13)9-7-8-3-2-4-10(8)15-11(9)18/h7H,2-6H2,1H3,(H,14,17)(H,15,18). The molecule has 6 nitrogen and oxygen atoms in total. The number of methoxy groups -OCH3 is 1.